The van der Waals surface area contributed by atoms with E-state index in [0.717, 1.165) is 22.2 Å². The van der Waals surface area contributed by atoms with E-state index in [1.807, 2.05) is 30.3 Å². The van der Waals surface area contributed by atoms with Gasteiger partial charge in [-0.05, 0) is 36.1 Å². The number of halogens is 2. The lowest BCUT2D eigenvalue weighted by Crippen LogP contribution is -2.51. The number of anilines is 1. The Hall–Kier alpha value is -4.29. The number of amides is 2. The molecule has 3 unspecified atom stereocenters. The second kappa shape index (κ2) is 13.2. The van der Waals surface area contributed by atoms with Crippen LogP contribution >= 0.6 is 23.2 Å². The van der Waals surface area contributed by atoms with Crippen molar-refractivity contribution in [1.29, 1.82) is 0 Å². The number of methoxy groups -OCH3 is 1. The number of aryl methyl sites for hydroxylation is 1. The third-order valence-electron chi connectivity index (χ3n) is 8.29. The van der Waals surface area contributed by atoms with Gasteiger partial charge in [-0.2, -0.15) is 5.10 Å². The molecule has 1 aliphatic carbocycles. The summed E-state index contributed by atoms with van der Waals surface area (Å²) in [6.45, 7) is 3.27. The molecule has 2 aromatic carbocycles. The van der Waals surface area contributed by atoms with E-state index in [9.17, 15) is 14.4 Å². The minimum Gasteiger partial charge on any atom is -0.481 e. The van der Waals surface area contributed by atoms with Crippen molar-refractivity contribution in [3.63, 3.8) is 0 Å². The SMILES string of the molecule is COc1nc(-c2cccc(-c3cccc(NC(=O)c4ccnn(C)c4=O)c3Cl)c2Cl)cc2c1C(NCC1COCC(=O)N1)C(C)C2. The average Bonchev–Trinajstić information content (AvgIpc) is 3.36. The summed E-state index contributed by atoms with van der Waals surface area (Å²) >= 11 is 13.9. The molecule has 4 aromatic rings. The number of fused-ring (bicyclic) bond motifs is 1. The highest BCUT2D eigenvalue weighted by Crippen LogP contribution is 2.45. The van der Waals surface area contributed by atoms with Crippen molar-refractivity contribution in [1.82, 2.24) is 25.4 Å². The first-order valence-corrected chi connectivity index (χ1v) is 15.5. The number of pyridine rings is 1. The molecule has 0 spiro atoms. The van der Waals surface area contributed by atoms with Gasteiger partial charge >= 0.3 is 0 Å². The second-order valence-electron chi connectivity index (χ2n) is 11.4. The molecule has 238 valence electrons. The molecule has 0 radical (unpaired) electrons. The maximum Gasteiger partial charge on any atom is 0.279 e. The van der Waals surface area contributed by atoms with Crippen molar-refractivity contribution in [3.05, 3.63) is 91.8 Å². The number of ether oxygens (including phenoxy) is 2. The number of carbonyl (C=O) groups excluding carboxylic acids is 2. The quantitative estimate of drug-likeness (QED) is 0.252. The van der Waals surface area contributed by atoms with Crippen LogP contribution in [0.15, 0.2) is 59.5 Å². The Morgan fingerprint density at radius 1 is 1.11 bits per heavy atom. The van der Waals surface area contributed by atoms with Gasteiger partial charge in [-0.1, -0.05) is 60.5 Å². The molecular weight excluding hydrogens is 631 g/mol. The molecule has 1 saturated heterocycles. The molecule has 11 nitrogen and oxygen atoms in total. The Labute approximate surface area is 275 Å². The van der Waals surface area contributed by atoms with Crippen LogP contribution in [-0.4, -0.2) is 59.5 Å². The number of benzene rings is 2. The van der Waals surface area contributed by atoms with Crippen molar-refractivity contribution in [2.45, 2.75) is 25.4 Å². The van der Waals surface area contributed by atoms with E-state index in [1.54, 1.807) is 19.2 Å². The summed E-state index contributed by atoms with van der Waals surface area (Å²) in [6.07, 6.45) is 2.18. The molecule has 2 aromatic heterocycles. The largest absolute Gasteiger partial charge is 0.481 e. The monoisotopic (exact) mass is 662 g/mol. The lowest BCUT2D eigenvalue weighted by atomic mass is 9.99. The van der Waals surface area contributed by atoms with E-state index in [-0.39, 0.29) is 41.1 Å². The van der Waals surface area contributed by atoms with Crippen molar-refractivity contribution in [2.75, 3.05) is 32.2 Å². The van der Waals surface area contributed by atoms with Gasteiger partial charge in [0.25, 0.3) is 11.5 Å². The highest BCUT2D eigenvalue weighted by molar-refractivity contribution is 6.39. The van der Waals surface area contributed by atoms with Crippen molar-refractivity contribution < 1.29 is 19.1 Å². The van der Waals surface area contributed by atoms with Crippen molar-refractivity contribution in [3.8, 4) is 28.3 Å². The van der Waals surface area contributed by atoms with Gasteiger partial charge in [-0.15, -0.1) is 0 Å². The summed E-state index contributed by atoms with van der Waals surface area (Å²) in [6, 6.07) is 14.1. The van der Waals surface area contributed by atoms with Crippen LogP contribution in [0.25, 0.3) is 22.4 Å². The number of aromatic nitrogens is 3. The van der Waals surface area contributed by atoms with Crippen LogP contribution in [0.5, 0.6) is 5.88 Å². The summed E-state index contributed by atoms with van der Waals surface area (Å²) < 4.78 is 12.3. The number of nitrogens with zero attached hydrogens (tertiary/aromatic N) is 3. The van der Waals surface area contributed by atoms with E-state index >= 15 is 0 Å². The molecule has 1 aliphatic heterocycles. The minimum atomic E-state index is -0.602. The third-order valence-corrected chi connectivity index (χ3v) is 9.10. The molecule has 13 heteroatoms. The fraction of sp³-hybridized carbons (Fsp3) is 0.303. The maximum atomic E-state index is 12.9. The van der Waals surface area contributed by atoms with Crippen molar-refractivity contribution >= 4 is 40.7 Å². The molecule has 3 atom stereocenters. The van der Waals surface area contributed by atoms with Crippen LogP contribution in [0.2, 0.25) is 10.0 Å². The third kappa shape index (κ3) is 6.11. The van der Waals surface area contributed by atoms with Crippen LogP contribution in [0.1, 0.15) is 34.5 Å². The molecule has 46 heavy (non-hydrogen) atoms. The van der Waals surface area contributed by atoms with Gasteiger partial charge in [0.15, 0.2) is 0 Å². The highest BCUT2D eigenvalue weighted by atomic mass is 35.5. The lowest BCUT2D eigenvalue weighted by Gasteiger charge is -2.27. The second-order valence-corrected chi connectivity index (χ2v) is 12.2. The first-order valence-electron chi connectivity index (χ1n) is 14.8. The Morgan fingerprint density at radius 2 is 1.85 bits per heavy atom. The zero-order valence-corrected chi connectivity index (χ0v) is 26.9. The summed E-state index contributed by atoms with van der Waals surface area (Å²) in [5.74, 6) is 0.0442. The number of hydrogen-bond donors (Lipinski definition) is 3. The van der Waals surface area contributed by atoms with Gasteiger partial charge in [0.2, 0.25) is 11.8 Å². The molecular formula is C33H32Cl2N6O5. The molecule has 3 N–H and O–H groups in total. The van der Waals surface area contributed by atoms with Gasteiger partial charge in [0.05, 0.1) is 41.2 Å². The lowest BCUT2D eigenvalue weighted by molar-refractivity contribution is -0.131. The standard InChI is InChI=1S/C33H32Cl2N6O5/c1-17-12-18-13-25(40-32(45-3)27(18)30(17)36-14-19-15-46-16-26(42)38-19)22-8-4-6-20(28(22)34)21-7-5-9-24(29(21)35)39-31(43)23-10-11-37-41(2)33(23)44/h4-11,13,17,19,30,36H,12,14-16H2,1-3H3,(H,38,42)(H,39,43). The fourth-order valence-corrected chi connectivity index (χ4v) is 6.66. The summed E-state index contributed by atoms with van der Waals surface area (Å²) in [4.78, 5) is 42.0. The van der Waals surface area contributed by atoms with Crippen LogP contribution in [0.4, 0.5) is 5.69 Å². The van der Waals surface area contributed by atoms with Gasteiger partial charge < -0.3 is 25.4 Å². The normalized spacial score (nSPS) is 19.0. The van der Waals surface area contributed by atoms with E-state index in [0.29, 0.717) is 52.1 Å². The van der Waals surface area contributed by atoms with E-state index in [4.69, 9.17) is 37.7 Å². The van der Waals surface area contributed by atoms with Gasteiger partial charge in [-0.25, -0.2) is 9.67 Å². The minimum absolute atomic E-state index is 0.0174. The Bertz CT molecular complexity index is 1900. The number of morpholine rings is 1. The Kier molecular flexibility index (Phi) is 9.10. The molecule has 0 saturated carbocycles. The first kappa shape index (κ1) is 31.7. The highest BCUT2D eigenvalue weighted by Gasteiger charge is 2.35. The number of hydrogen-bond acceptors (Lipinski definition) is 8. The molecule has 6 rings (SSSR count). The molecule has 2 amide bonds. The zero-order chi connectivity index (χ0) is 32.5. The van der Waals surface area contributed by atoms with Crippen LogP contribution in [0, 0.1) is 5.92 Å². The van der Waals surface area contributed by atoms with Crippen LogP contribution in [0.3, 0.4) is 0 Å². The van der Waals surface area contributed by atoms with Crippen LogP contribution < -0.4 is 26.2 Å². The summed E-state index contributed by atoms with van der Waals surface area (Å²) in [5, 5.41) is 13.8. The van der Waals surface area contributed by atoms with E-state index < -0.39 is 11.5 Å². The van der Waals surface area contributed by atoms with Crippen LogP contribution in [-0.2, 0) is 23.0 Å². The van der Waals surface area contributed by atoms with Crippen molar-refractivity contribution in [2.24, 2.45) is 13.0 Å². The fourth-order valence-electron chi connectivity index (χ4n) is 6.06. The maximum absolute atomic E-state index is 12.9. The predicted octanol–water partition coefficient (Wildman–Crippen LogP) is 4.41. The van der Waals surface area contributed by atoms with Gasteiger partial charge in [0, 0.05) is 48.1 Å². The topological polar surface area (TPSA) is 136 Å². The molecule has 1 fully saturated rings. The summed E-state index contributed by atoms with van der Waals surface area (Å²) in [7, 11) is 3.07. The van der Waals surface area contributed by atoms with Gasteiger partial charge in [-0.3, -0.25) is 14.4 Å². The molecule has 3 heterocycles. The number of carbonyl (C=O) groups is 2. The smallest absolute Gasteiger partial charge is 0.279 e. The number of nitrogens with one attached hydrogen (secondary N) is 3. The average molecular weight is 664 g/mol. The van der Waals surface area contributed by atoms with Gasteiger partial charge in [0.1, 0.15) is 12.2 Å². The van der Waals surface area contributed by atoms with E-state index in [1.165, 1.54) is 19.3 Å². The molecule has 2 aliphatic rings. The number of rotatable bonds is 8. The Balaban J connectivity index is 1.29. The zero-order valence-electron chi connectivity index (χ0n) is 25.4. The molecule has 0 bridgehead atoms. The Morgan fingerprint density at radius 3 is 2.61 bits per heavy atom. The predicted molar refractivity (Wildman–Crippen MR) is 175 cm³/mol. The summed E-state index contributed by atoms with van der Waals surface area (Å²) in [5.41, 5.74) is 4.42. The van der Waals surface area contributed by atoms with E-state index in [2.05, 4.69) is 28.0 Å². The first-order chi connectivity index (χ1) is 22.2.